The molecule has 0 aliphatic carbocycles. The van der Waals surface area contributed by atoms with Crippen LogP contribution in [0.15, 0.2) is 168 Å². The minimum Gasteiger partial charge on any atom is -0.456 e. The van der Waals surface area contributed by atoms with E-state index in [1.54, 1.807) is 0 Å². The van der Waals surface area contributed by atoms with Crippen molar-refractivity contribution in [1.29, 1.82) is 0 Å². The molecule has 0 saturated heterocycles. The molecular formula is C47H32N2O. The Morgan fingerprint density at radius 3 is 1.74 bits per heavy atom. The van der Waals surface area contributed by atoms with E-state index in [0.29, 0.717) is 0 Å². The van der Waals surface area contributed by atoms with Gasteiger partial charge in [-0.1, -0.05) is 134 Å². The molecule has 2 aromatic heterocycles. The third kappa shape index (κ3) is 4.33. The predicted octanol–water partition coefficient (Wildman–Crippen LogP) is 12.8. The summed E-state index contributed by atoms with van der Waals surface area (Å²) in [5.74, 6) is 1.06. The van der Waals surface area contributed by atoms with Crippen molar-refractivity contribution < 1.29 is 4.42 Å². The Morgan fingerprint density at radius 1 is 0.480 bits per heavy atom. The predicted molar refractivity (Wildman–Crippen MR) is 209 cm³/mol. The molecule has 8 aromatic carbocycles. The molecule has 0 atom stereocenters. The van der Waals surface area contributed by atoms with Crippen molar-refractivity contribution in [3.05, 3.63) is 170 Å². The second-order valence-corrected chi connectivity index (χ2v) is 13.0. The van der Waals surface area contributed by atoms with E-state index < -0.39 is 0 Å². The van der Waals surface area contributed by atoms with Gasteiger partial charge in [0.05, 0.1) is 16.7 Å². The largest absolute Gasteiger partial charge is 0.456 e. The van der Waals surface area contributed by atoms with Crippen molar-refractivity contribution >= 4 is 54.5 Å². The van der Waals surface area contributed by atoms with E-state index in [-0.39, 0.29) is 0 Å². The van der Waals surface area contributed by atoms with Gasteiger partial charge >= 0.3 is 0 Å². The van der Waals surface area contributed by atoms with Crippen LogP contribution in [0.4, 0.5) is 0 Å². The number of aryl methyl sites for hydroxylation is 1. The summed E-state index contributed by atoms with van der Waals surface area (Å²) < 4.78 is 8.51. The van der Waals surface area contributed by atoms with Crippen molar-refractivity contribution in [2.75, 3.05) is 0 Å². The molecule has 10 aromatic rings. The molecule has 0 fully saturated rings. The fraction of sp³-hybridized carbons (Fsp3) is 0.0426. The summed E-state index contributed by atoms with van der Waals surface area (Å²) in [5.41, 5.74) is 12.4. The van der Waals surface area contributed by atoms with Crippen LogP contribution in [0.5, 0.6) is 0 Å². The number of rotatable bonds is 5. The molecule has 0 aliphatic rings. The highest BCUT2D eigenvalue weighted by Gasteiger charge is 2.19. The van der Waals surface area contributed by atoms with Crippen LogP contribution < -0.4 is 0 Å². The van der Waals surface area contributed by atoms with E-state index in [0.717, 1.165) is 50.9 Å². The summed E-state index contributed by atoms with van der Waals surface area (Å²) in [6, 6.07) is 58.8. The SMILES string of the molecule is CCc1nc2ccccc2n1-c1ccccc1-c1ccc(-c2c3ccccc3c(-c3ccc4oc5ccccc5c4c3)c3ccccc23)cc1. The Labute approximate surface area is 289 Å². The van der Waals surface area contributed by atoms with E-state index >= 15 is 0 Å². The first-order valence-corrected chi connectivity index (χ1v) is 17.3. The summed E-state index contributed by atoms with van der Waals surface area (Å²) >= 11 is 0. The highest BCUT2D eigenvalue weighted by molar-refractivity contribution is 6.22. The van der Waals surface area contributed by atoms with Crippen molar-refractivity contribution in [1.82, 2.24) is 9.55 Å². The van der Waals surface area contributed by atoms with Crippen LogP contribution in [0.2, 0.25) is 0 Å². The maximum atomic E-state index is 6.19. The first kappa shape index (κ1) is 28.6. The van der Waals surface area contributed by atoms with Crippen molar-refractivity contribution in [3.63, 3.8) is 0 Å². The average molecular weight is 641 g/mol. The van der Waals surface area contributed by atoms with Gasteiger partial charge in [0.25, 0.3) is 0 Å². The minimum absolute atomic E-state index is 0.852. The Bertz CT molecular complexity index is 2850. The second kappa shape index (κ2) is 11.3. The maximum absolute atomic E-state index is 6.19. The van der Waals surface area contributed by atoms with E-state index in [1.165, 1.54) is 54.9 Å². The molecule has 0 unspecified atom stereocenters. The molecule has 0 saturated carbocycles. The number of imidazole rings is 1. The van der Waals surface area contributed by atoms with Crippen LogP contribution in [-0.2, 0) is 6.42 Å². The molecule has 236 valence electrons. The van der Waals surface area contributed by atoms with Gasteiger partial charge in [0.15, 0.2) is 0 Å². The quantitative estimate of drug-likeness (QED) is 0.175. The third-order valence-corrected chi connectivity index (χ3v) is 10.2. The fourth-order valence-electron chi connectivity index (χ4n) is 7.94. The van der Waals surface area contributed by atoms with Crippen LogP contribution in [0.3, 0.4) is 0 Å². The van der Waals surface area contributed by atoms with E-state index in [1.807, 2.05) is 12.1 Å². The normalized spacial score (nSPS) is 11.8. The summed E-state index contributed by atoms with van der Waals surface area (Å²) in [5, 5.41) is 7.24. The Morgan fingerprint density at radius 2 is 1.02 bits per heavy atom. The second-order valence-electron chi connectivity index (χ2n) is 13.0. The topological polar surface area (TPSA) is 31.0 Å². The molecule has 0 bridgehead atoms. The van der Waals surface area contributed by atoms with Gasteiger partial charge in [0.1, 0.15) is 17.0 Å². The molecule has 0 N–H and O–H groups in total. The van der Waals surface area contributed by atoms with Gasteiger partial charge in [0.2, 0.25) is 0 Å². The van der Waals surface area contributed by atoms with Gasteiger partial charge in [0, 0.05) is 22.8 Å². The lowest BCUT2D eigenvalue weighted by atomic mass is 9.85. The molecule has 0 aliphatic heterocycles. The van der Waals surface area contributed by atoms with Crippen molar-refractivity contribution in [2.45, 2.75) is 13.3 Å². The molecule has 0 radical (unpaired) electrons. The number of fused-ring (bicyclic) bond motifs is 6. The number of aromatic nitrogens is 2. The van der Waals surface area contributed by atoms with E-state index in [4.69, 9.17) is 9.40 Å². The molecule has 3 heteroatoms. The highest BCUT2D eigenvalue weighted by Crippen LogP contribution is 2.45. The highest BCUT2D eigenvalue weighted by atomic mass is 16.3. The summed E-state index contributed by atoms with van der Waals surface area (Å²) in [6.07, 6.45) is 0.852. The molecule has 0 spiro atoms. The van der Waals surface area contributed by atoms with Crippen molar-refractivity contribution in [3.8, 4) is 39.1 Å². The van der Waals surface area contributed by atoms with Crippen LogP contribution in [0, 0.1) is 0 Å². The fourth-order valence-corrected chi connectivity index (χ4v) is 7.94. The van der Waals surface area contributed by atoms with Gasteiger partial charge in [-0.3, -0.25) is 4.57 Å². The zero-order chi connectivity index (χ0) is 33.2. The first-order chi connectivity index (χ1) is 24.8. The lowest BCUT2D eigenvalue weighted by Gasteiger charge is -2.18. The van der Waals surface area contributed by atoms with Gasteiger partial charge in [-0.15, -0.1) is 0 Å². The average Bonchev–Trinajstić information content (AvgIpc) is 3.75. The summed E-state index contributed by atoms with van der Waals surface area (Å²) in [6.45, 7) is 2.17. The molecule has 2 heterocycles. The van der Waals surface area contributed by atoms with Crippen LogP contribution in [-0.4, -0.2) is 9.55 Å². The lowest BCUT2D eigenvalue weighted by Crippen LogP contribution is -2.02. The van der Waals surface area contributed by atoms with Crippen LogP contribution in [0.25, 0.3) is 93.6 Å². The zero-order valence-corrected chi connectivity index (χ0v) is 27.6. The Kier molecular flexibility index (Phi) is 6.47. The van der Waals surface area contributed by atoms with Gasteiger partial charge in [-0.2, -0.15) is 0 Å². The number of benzene rings is 8. The van der Waals surface area contributed by atoms with Crippen molar-refractivity contribution in [2.24, 2.45) is 0 Å². The van der Waals surface area contributed by atoms with Gasteiger partial charge in [-0.05, 0) is 85.8 Å². The van der Waals surface area contributed by atoms with Crippen LogP contribution in [0.1, 0.15) is 12.7 Å². The molecule has 0 amide bonds. The molecule has 10 rings (SSSR count). The first-order valence-electron chi connectivity index (χ1n) is 17.3. The lowest BCUT2D eigenvalue weighted by molar-refractivity contribution is 0.669. The standard InChI is InChI=1S/C47H32N2O/c1-2-45-48-40-19-9-11-21-42(40)49(45)41-20-10-7-13-33(41)30-23-25-31(26-24-30)46-35-15-3-5-17-37(35)47(38-18-6-4-16-36(38)46)32-27-28-44-39(29-32)34-14-8-12-22-43(34)50-44/h3-29H,2H2,1H3. The Balaban J connectivity index is 1.15. The monoisotopic (exact) mass is 640 g/mol. The minimum atomic E-state index is 0.852. The Hall–Kier alpha value is -6.45. The summed E-state index contributed by atoms with van der Waals surface area (Å²) in [4.78, 5) is 4.97. The van der Waals surface area contributed by atoms with Crippen LogP contribution >= 0.6 is 0 Å². The molecule has 50 heavy (non-hydrogen) atoms. The number of hydrogen-bond acceptors (Lipinski definition) is 2. The summed E-state index contributed by atoms with van der Waals surface area (Å²) in [7, 11) is 0. The number of nitrogens with zero attached hydrogens (tertiary/aromatic N) is 2. The number of para-hydroxylation sites is 4. The van der Waals surface area contributed by atoms with Gasteiger partial charge < -0.3 is 4.42 Å². The van der Waals surface area contributed by atoms with Gasteiger partial charge in [-0.25, -0.2) is 4.98 Å². The molecule has 3 nitrogen and oxygen atoms in total. The molecular weight excluding hydrogens is 609 g/mol. The van der Waals surface area contributed by atoms with E-state index in [2.05, 4.69) is 163 Å². The zero-order valence-electron chi connectivity index (χ0n) is 27.6. The maximum Gasteiger partial charge on any atom is 0.135 e. The third-order valence-electron chi connectivity index (χ3n) is 10.2. The van der Waals surface area contributed by atoms with E-state index in [9.17, 15) is 0 Å². The number of furan rings is 1. The number of hydrogen-bond donors (Lipinski definition) is 0. The smallest absolute Gasteiger partial charge is 0.135 e.